The van der Waals surface area contributed by atoms with Gasteiger partial charge >= 0.3 is 0 Å². The van der Waals surface area contributed by atoms with Gasteiger partial charge in [0.2, 0.25) is 0 Å². The van der Waals surface area contributed by atoms with Crippen LogP contribution in [0.25, 0.3) is 0 Å². The fourth-order valence-corrected chi connectivity index (χ4v) is 4.71. The monoisotopic (exact) mass is 330 g/mol. The van der Waals surface area contributed by atoms with Gasteiger partial charge in [-0.25, -0.2) is 0 Å². The number of benzene rings is 2. The van der Waals surface area contributed by atoms with Crippen molar-refractivity contribution in [3.8, 4) is 0 Å². The third-order valence-corrected chi connectivity index (χ3v) is 6.07. The van der Waals surface area contributed by atoms with Crippen molar-refractivity contribution in [1.29, 1.82) is 0 Å². The van der Waals surface area contributed by atoms with Crippen LogP contribution in [0.4, 0.5) is 0 Å². The molecule has 0 radical (unpaired) electrons. The molecule has 0 saturated carbocycles. The summed E-state index contributed by atoms with van der Waals surface area (Å²) in [6, 6.07) is 14.2. The van der Waals surface area contributed by atoms with E-state index in [1.54, 1.807) is 17.8 Å². The first kappa shape index (κ1) is 15.7. The average molecular weight is 330 g/mol. The molecule has 22 heavy (non-hydrogen) atoms. The SMILES string of the molecule is C=CCOCCSc1ccc2c(c1)Cc1ccccc1[S+]2[O-]. The van der Waals surface area contributed by atoms with Crippen molar-refractivity contribution >= 4 is 22.9 Å². The molecular weight excluding hydrogens is 312 g/mol. The number of hydrogen-bond donors (Lipinski definition) is 0. The number of rotatable bonds is 6. The van der Waals surface area contributed by atoms with Gasteiger partial charge in [0.1, 0.15) is 0 Å². The number of ether oxygens (including phenoxy) is 1. The quantitative estimate of drug-likeness (QED) is 0.347. The molecule has 0 fully saturated rings. The minimum absolute atomic E-state index is 0.598. The minimum Gasteiger partial charge on any atom is -0.606 e. The Hall–Kier alpha value is -1.20. The largest absolute Gasteiger partial charge is 0.606 e. The van der Waals surface area contributed by atoms with Gasteiger partial charge in [0.05, 0.1) is 13.2 Å². The fraction of sp³-hybridized carbons (Fsp3) is 0.222. The summed E-state index contributed by atoms with van der Waals surface area (Å²) in [6.07, 6.45) is 2.62. The maximum atomic E-state index is 12.6. The zero-order valence-electron chi connectivity index (χ0n) is 12.3. The van der Waals surface area contributed by atoms with Gasteiger partial charge in [-0.15, -0.1) is 18.3 Å². The van der Waals surface area contributed by atoms with Crippen molar-refractivity contribution in [2.24, 2.45) is 0 Å². The van der Waals surface area contributed by atoms with Gasteiger partial charge in [-0.1, -0.05) is 24.3 Å². The fourth-order valence-electron chi connectivity index (χ4n) is 2.50. The van der Waals surface area contributed by atoms with E-state index in [4.69, 9.17) is 4.74 Å². The van der Waals surface area contributed by atoms with Crippen LogP contribution in [0, 0.1) is 0 Å². The Morgan fingerprint density at radius 3 is 2.86 bits per heavy atom. The predicted octanol–water partition coefficient (Wildman–Crippen LogP) is 4.05. The maximum absolute atomic E-state index is 12.6. The third kappa shape index (κ3) is 3.41. The van der Waals surface area contributed by atoms with Gasteiger partial charge in [-0.05, 0) is 24.3 Å². The van der Waals surface area contributed by atoms with E-state index >= 15 is 0 Å². The first-order valence-corrected chi connectivity index (χ1v) is 9.37. The summed E-state index contributed by atoms with van der Waals surface area (Å²) in [6.45, 7) is 4.94. The molecule has 1 heterocycles. The Balaban J connectivity index is 1.71. The van der Waals surface area contributed by atoms with Gasteiger partial charge < -0.3 is 9.29 Å². The maximum Gasteiger partial charge on any atom is 0.162 e. The van der Waals surface area contributed by atoms with E-state index in [-0.39, 0.29) is 0 Å². The van der Waals surface area contributed by atoms with E-state index in [1.807, 2.05) is 24.3 Å². The molecule has 0 spiro atoms. The van der Waals surface area contributed by atoms with Crippen LogP contribution in [0.5, 0.6) is 0 Å². The summed E-state index contributed by atoms with van der Waals surface area (Å²) >= 11 is 0.715. The molecule has 3 rings (SSSR count). The summed E-state index contributed by atoms with van der Waals surface area (Å²) in [5.41, 5.74) is 2.35. The van der Waals surface area contributed by atoms with Crippen LogP contribution in [0.1, 0.15) is 11.1 Å². The van der Waals surface area contributed by atoms with Crippen molar-refractivity contribution in [2.45, 2.75) is 21.1 Å². The lowest BCUT2D eigenvalue weighted by Gasteiger charge is -2.22. The zero-order valence-corrected chi connectivity index (χ0v) is 13.9. The summed E-state index contributed by atoms with van der Waals surface area (Å²) in [7, 11) is 0. The molecular formula is C18H18O2S2. The third-order valence-electron chi connectivity index (χ3n) is 3.52. The minimum atomic E-state index is -1.05. The second kappa shape index (κ2) is 7.38. The topological polar surface area (TPSA) is 32.3 Å². The molecule has 2 nitrogen and oxygen atoms in total. The van der Waals surface area contributed by atoms with Gasteiger partial charge in [-0.2, -0.15) is 0 Å². The van der Waals surface area contributed by atoms with E-state index in [9.17, 15) is 4.55 Å². The molecule has 2 aromatic rings. The van der Waals surface area contributed by atoms with Crippen LogP contribution in [0.2, 0.25) is 0 Å². The number of fused-ring (bicyclic) bond motifs is 2. The molecule has 0 N–H and O–H groups in total. The number of hydrogen-bond acceptors (Lipinski definition) is 3. The normalized spacial score (nSPS) is 16.0. The van der Waals surface area contributed by atoms with Crippen LogP contribution in [0.3, 0.4) is 0 Å². The molecule has 1 aliphatic rings. The van der Waals surface area contributed by atoms with Crippen molar-refractivity contribution in [3.05, 3.63) is 66.2 Å². The lowest BCUT2D eigenvalue weighted by Crippen LogP contribution is -2.14. The van der Waals surface area contributed by atoms with E-state index in [2.05, 4.69) is 24.8 Å². The zero-order chi connectivity index (χ0) is 15.4. The van der Waals surface area contributed by atoms with E-state index < -0.39 is 11.2 Å². The number of thioether (sulfide) groups is 1. The molecule has 0 bridgehead atoms. The second-order valence-electron chi connectivity index (χ2n) is 5.03. The molecule has 0 aromatic heterocycles. The Labute approximate surface area is 138 Å². The van der Waals surface area contributed by atoms with Crippen LogP contribution in [0.15, 0.2) is 69.8 Å². The molecule has 4 heteroatoms. The summed E-state index contributed by atoms with van der Waals surface area (Å²) in [5.74, 6) is 0.909. The van der Waals surface area contributed by atoms with E-state index in [1.165, 1.54) is 16.0 Å². The standard InChI is InChI=1S/C18H18O2S2/c1-2-9-20-10-11-21-16-7-8-18-15(13-16)12-14-5-3-4-6-17(14)22(18)19/h2-8,13H,1,9-12H2. The van der Waals surface area contributed by atoms with Gasteiger partial charge in [0.15, 0.2) is 9.79 Å². The molecule has 1 atom stereocenters. The molecule has 2 aromatic carbocycles. The highest BCUT2D eigenvalue weighted by Gasteiger charge is 2.27. The molecule has 1 unspecified atom stereocenters. The average Bonchev–Trinajstić information content (AvgIpc) is 2.55. The van der Waals surface area contributed by atoms with Gasteiger partial charge in [0.25, 0.3) is 0 Å². The van der Waals surface area contributed by atoms with Crippen molar-refractivity contribution in [1.82, 2.24) is 0 Å². The lowest BCUT2D eigenvalue weighted by molar-refractivity contribution is 0.180. The van der Waals surface area contributed by atoms with Crippen molar-refractivity contribution in [3.63, 3.8) is 0 Å². The predicted molar refractivity (Wildman–Crippen MR) is 92.1 cm³/mol. The summed E-state index contributed by atoms with van der Waals surface area (Å²) in [5, 5.41) is 0. The first-order chi connectivity index (χ1) is 10.8. The van der Waals surface area contributed by atoms with E-state index in [0.717, 1.165) is 22.0 Å². The summed E-state index contributed by atoms with van der Waals surface area (Å²) in [4.78, 5) is 3.11. The van der Waals surface area contributed by atoms with Crippen molar-refractivity contribution in [2.75, 3.05) is 19.0 Å². The summed E-state index contributed by atoms with van der Waals surface area (Å²) < 4.78 is 18.0. The van der Waals surface area contributed by atoms with Crippen LogP contribution in [-0.4, -0.2) is 23.5 Å². The van der Waals surface area contributed by atoms with Gasteiger partial charge in [0, 0.05) is 39.4 Å². The molecule has 0 saturated heterocycles. The van der Waals surface area contributed by atoms with Crippen LogP contribution < -0.4 is 0 Å². The Morgan fingerprint density at radius 2 is 2.00 bits per heavy atom. The molecule has 1 aliphatic heterocycles. The molecule has 114 valence electrons. The van der Waals surface area contributed by atoms with E-state index in [0.29, 0.717) is 13.2 Å². The lowest BCUT2D eigenvalue weighted by atomic mass is 10.0. The smallest absolute Gasteiger partial charge is 0.162 e. The Bertz CT molecular complexity index is 670. The van der Waals surface area contributed by atoms with Gasteiger partial charge in [-0.3, -0.25) is 0 Å². The highest BCUT2D eigenvalue weighted by atomic mass is 32.2. The Morgan fingerprint density at radius 1 is 1.18 bits per heavy atom. The highest BCUT2D eigenvalue weighted by Crippen LogP contribution is 2.36. The molecule has 0 aliphatic carbocycles. The van der Waals surface area contributed by atoms with Crippen LogP contribution in [-0.2, 0) is 22.3 Å². The second-order valence-corrected chi connectivity index (χ2v) is 7.62. The highest BCUT2D eigenvalue weighted by molar-refractivity contribution is 7.99. The first-order valence-electron chi connectivity index (χ1n) is 7.23. The Kier molecular flexibility index (Phi) is 5.26. The molecule has 0 amide bonds. The van der Waals surface area contributed by atoms with Crippen LogP contribution >= 0.6 is 11.8 Å². The van der Waals surface area contributed by atoms with Crippen molar-refractivity contribution < 1.29 is 9.29 Å².